The Balaban J connectivity index is 2.25. The number of hydrogen-bond donors (Lipinski definition) is 2. The van der Waals surface area contributed by atoms with Crippen LogP contribution in [0.4, 0.5) is 0 Å². The van der Waals surface area contributed by atoms with E-state index in [9.17, 15) is 19.8 Å². The summed E-state index contributed by atoms with van der Waals surface area (Å²) in [7, 11) is 0. The van der Waals surface area contributed by atoms with Crippen LogP contribution in [0.5, 0.6) is 0 Å². The number of carbonyl (C=O) groups is 2. The molecule has 0 aromatic heterocycles. The Morgan fingerprint density at radius 2 is 1.85 bits per heavy atom. The Morgan fingerprint density at radius 3 is 2.56 bits per heavy atom. The first-order valence-corrected chi connectivity index (χ1v) is 10.1. The molecule has 5 nitrogen and oxygen atoms in total. The number of ketones is 1. The molecule has 0 aliphatic heterocycles. The summed E-state index contributed by atoms with van der Waals surface area (Å²) in [5.74, 6) is -0.752. The molecule has 0 spiro atoms. The normalized spacial score (nSPS) is 21.8. The van der Waals surface area contributed by atoms with Gasteiger partial charge in [0.05, 0.1) is 18.8 Å². The van der Waals surface area contributed by atoms with Crippen LogP contribution in [0.2, 0.25) is 0 Å². The minimum absolute atomic E-state index is 0.0561. The zero-order valence-electron chi connectivity index (χ0n) is 16.5. The van der Waals surface area contributed by atoms with Gasteiger partial charge in [-0.1, -0.05) is 44.1 Å². The zero-order chi connectivity index (χ0) is 20.1. The fraction of sp³-hybridized carbons (Fsp3) is 0.636. The van der Waals surface area contributed by atoms with Gasteiger partial charge in [-0.2, -0.15) is 0 Å². The van der Waals surface area contributed by atoms with Crippen molar-refractivity contribution in [1.29, 1.82) is 0 Å². The van der Waals surface area contributed by atoms with Gasteiger partial charge in [-0.05, 0) is 51.0 Å². The van der Waals surface area contributed by atoms with Crippen molar-refractivity contribution in [2.75, 3.05) is 6.61 Å². The number of carbonyl (C=O) groups excluding carboxylic acids is 2. The van der Waals surface area contributed by atoms with Gasteiger partial charge in [0.15, 0.2) is 5.78 Å². The van der Waals surface area contributed by atoms with Crippen molar-refractivity contribution in [3.63, 3.8) is 0 Å². The number of aliphatic hydroxyl groups excluding tert-OH is 2. The number of rotatable bonds is 14. The molecule has 0 aromatic rings. The molecule has 0 amide bonds. The predicted octanol–water partition coefficient (Wildman–Crippen LogP) is 3.51. The van der Waals surface area contributed by atoms with E-state index in [0.29, 0.717) is 25.9 Å². The molecular weight excluding hydrogens is 344 g/mol. The van der Waals surface area contributed by atoms with E-state index in [1.165, 1.54) is 31.1 Å². The second-order valence-corrected chi connectivity index (χ2v) is 7.00. The lowest BCUT2D eigenvalue weighted by molar-refractivity contribution is -0.137. The second-order valence-electron chi connectivity index (χ2n) is 7.00. The highest BCUT2D eigenvalue weighted by molar-refractivity contribution is 5.94. The summed E-state index contributed by atoms with van der Waals surface area (Å²) in [4.78, 5) is 23.3. The molecule has 1 aliphatic rings. The summed E-state index contributed by atoms with van der Waals surface area (Å²) in [6.45, 7) is 4.21. The summed E-state index contributed by atoms with van der Waals surface area (Å²) in [5, 5.41) is 20.0. The number of ether oxygens (including phenoxy) is 1. The lowest BCUT2D eigenvalue weighted by atomic mass is 10.1. The molecule has 2 unspecified atom stereocenters. The van der Waals surface area contributed by atoms with Crippen LogP contribution in [-0.2, 0) is 14.3 Å². The molecule has 5 heteroatoms. The Morgan fingerprint density at radius 1 is 1.07 bits per heavy atom. The Hall–Kier alpha value is -1.72. The molecule has 1 fully saturated rings. The minimum atomic E-state index is -0.661. The third kappa shape index (κ3) is 10.3. The van der Waals surface area contributed by atoms with Crippen molar-refractivity contribution >= 4 is 11.8 Å². The number of allylic oxidation sites excluding steroid dienone is 2. The van der Waals surface area contributed by atoms with Crippen molar-refractivity contribution in [3.05, 3.63) is 36.5 Å². The van der Waals surface area contributed by atoms with Crippen LogP contribution in [0.3, 0.4) is 0 Å². The van der Waals surface area contributed by atoms with Crippen LogP contribution >= 0.6 is 0 Å². The van der Waals surface area contributed by atoms with Crippen LogP contribution in [0.1, 0.15) is 58.8 Å². The maximum atomic E-state index is 12.1. The van der Waals surface area contributed by atoms with Crippen LogP contribution < -0.4 is 0 Å². The van der Waals surface area contributed by atoms with Gasteiger partial charge < -0.3 is 14.9 Å². The summed E-state index contributed by atoms with van der Waals surface area (Å²) in [6, 6.07) is 0. The topological polar surface area (TPSA) is 83.8 Å². The summed E-state index contributed by atoms with van der Waals surface area (Å²) in [5.41, 5.74) is 0. The second kappa shape index (κ2) is 13.4. The molecule has 0 heterocycles. The first-order valence-electron chi connectivity index (χ1n) is 10.1. The lowest BCUT2D eigenvalue weighted by Gasteiger charge is -2.06. The van der Waals surface area contributed by atoms with E-state index in [1.54, 1.807) is 13.0 Å². The van der Waals surface area contributed by atoms with E-state index >= 15 is 0 Å². The highest BCUT2D eigenvalue weighted by atomic mass is 16.5. The molecule has 27 heavy (non-hydrogen) atoms. The molecule has 1 rings (SSSR count). The lowest BCUT2D eigenvalue weighted by Crippen LogP contribution is -2.13. The van der Waals surface area contributed by atoms with Gasteiger partial charge in [0.25, 0.3) is 0 Å². The zero-order valence-corrected chi connectivity index (χ0v) is 16.5. The van der Waals surface area contributed by atoms with Gasteiger partial charge in [-0.3, -0.25) is 4.79 Å². The van der Waals surface area contributed by atoms with E-state index in [-0.39, 0.29) is 17.6 Å². The van der Waals surface area contributed by atoms with Gasteiger partial charge in [-0.15, -0.1) is 0 Å². The first-order chi connectivity index (χ1) is 13.0. The van der Waals surface area contributed by atoms with E-state index in [1.807, 2.05) is 6.08 Å². The van der Waals surface area contributed by atoms with E-state index < -0.39 is 18.2 Å². The number of unbranched alkanes of at least 4 members (excludes halogenated alkanes) is 3. The Kier molecular flexibility index (Phi) is 11.6. The van der Waals surface area contributed by atoms with Crippen molar-refractivity contribution in [1.82, 2.24) is 0 Å². The SMILES string of the molecule is CCCCC/C=C\CC(O)/C=C/C(=O)[C@@H]1C[C@H]1C(O)C/C=C/C(=O)OCC. The molecule has 0 radical (unpaired) electrons. The molecule has 1 aliphatic carbocycles. The average Bonchev–Trinajstić information content (AvgIpc) is 3.43. The van der Waals surface area contributed by atoms with E-state index in [2.05, 4.69) is 13.0 Å². The number of aliphatic hydroxyl groups is 2. The molecule has 4 atom stereocenters. The van der Waals surface area contributed by atoms with Gasteiger partial charge >= 0.3 is 5.97 Å². The smallest absolute Gasteiger partial charge is 0.330 e. The van der Waals surface area contributed by atoms with Crippen LogP contribution in [0.15, 0.2) is 36.5 Å². The quantitative estimate of drug-likeness (QED) is 0.209. The third-order valence-corrected chi connectivity index (χ3v) is 4.62. The summed E-state index contributed by atoms with van der Waals surface area (Å²) in [6.07, 6.45) is 14.6. The van der Waals surface area contributed by atoms with Crippen LogP contribution in [0, 0.1) is 11.8 Å². The fourth-order valence-electron chi connectivity index (χ4n) is 2.91. The maximum Gasteiger partial charge on any atom is 0.330 e. The highest BCUT2D eigenvalue weighted by Crippen LogP contribution is 2.43. The minimum Gasteiger partial charge on any atom is -0.463 e. The fourth-order valence-corrected chi connectivity index (χ4v) is 2.91. The Labute approximate surface area is 162 Å². The van der Waals surface area contributed by atoms with E-state index in [0.717, 1.165) is 12.8 Å². The third-order valence-electron chi connectivity index (χ3n) is 4.62. The van der Waals surface area contributed by atoms with Crippen molar-refractivity contribution < 1.29 is 24.5 Å². The highest BCUT2D eigenvalue weighted by Gasteiger charge is 2.45. The molecule has 2 N–H and O–H groups in total. The predicted molar refractivity (Wildman–Crippen MR) is 106 cm³/mol. The monoisotopic (exact) mass is 378 g/mol. The standard InChI is InChI=1S/C22H34O5/c1-3-5-6-7-8-9-11-17(23)14-15-21(25)19-16-18(19)20(24)12-10-13-22(26)27-4-2/h8-10,13-15,17-20,23-24H,3-7,11-12,16H2,1-2H3/b9-8-,13-10+,15-14+/t17?,18-,19-,20?/m1/s1. The van der Waals surface area contributed by atoms with Crippen molar-refractivity contribution in [3.8, 4) is 0 Å². The first kappa shape index (κ1) is 23.3. The van der Waals surface area contributed by atoms with Gasteiger partial charge in [0.2, 0.25) is 0 Å². The van der Waals surface area contributed by atoms with Crippen molar-refractivity contribution in [2.24, 2.45) is 11.8 Å². The summed E-state index contributed by atoms with van der Waals surface area (Å²) < 4.78 is 4.77. The van der Waals surface area contributed by atoms with Gasteiger partial charge in [0.1, 0.15) is 0 Å². The largest absolute Gasteiger partial charge is 0.463 e. The number of esters is 1. The molecule has 152 valence electrons. The number of hydrogen-bond acceptors (Lipinski definition) is 5. The Bertz CT molecular complexity index is 535. The molecule has 0 bridgehead atoms. The van der Waals surface area contributed by atoms with Crippen LogP contribution in [0.25, 0.3) is 0 Å². The van der Waals surface area contributed by atoms with Crippen molar-refractivity contribution in [2.45, 2.75) is 71.0 Å². The molecule has 1 saturated carbocycles. The average molecular weight is 379 g/mol. The summed E-state index contributed by atoms with van der Waals surface area (Å²) >= 11 is 0. The molecule has 0 saturated heterocycles. The maximum absolute atomic E-state index is 12.1. The van der Waals surface area contributed by atoms with Gasteiger partial charge in [-0.25, -0.2) is 4.79 Å². The van der Waals surface area contributed by atoms with Gasteiger partial charge in [0, 0.05) is 12.0 Å². The van der Waals surface area contributed by atoms with E-state index in [4.69, 9.17) is 4.74 Å². The molecular formula is C22H34O5. The molecule has 0 aromatic carbocycles. The van der Waals surface area contributed by atoms with Crippen LogP contribution in [-0.4, -0.2) is 40.8 Å².